The molecule has 166 valence electrons. The minimum Gasteiger partial charge on any atom is -0.496 e. The zero-order chi connectivity index (χ0) is 23.1. The molecule has 0 aliphatic carbocycles. The Balaban J connectivity index is 1.67. The van der Waals surface area contributed by atoms with Crippen LogP contribution in [0.5, 0.6) is 5.75 Å². The number of nitrogens with zero attached hydrogens (tertiary/aromatic N) is 3. The maximum atomic E-state index is 13.9. The van der Waals surface area contributed by atoms with E-state index in [9.17, 15) is 9.59 Å². The Morgan fingerprint density at radius 1 is 0.848 bits per heavy atom. The van der Waals surface area contributed by atoms with Gasteiger partial charge in [-0.25, -0.2) is 4.90 Å². The van der Waals surface area contributed by atoms with Crippen molar-refractivity contribution in [1.29, 1.82) is 0 Å². The number of fused-ring (bicyclic) bond motifs is 1. The summed E-state index contributed by atoms with van der Waals surface area (Å²) in [6, 6.07) is 22.8. The van der Waals surface area contributed by atoms with Crippen LogP contribution in [0.2, 0.25) is 0 Å². The van der Waals surface area contributed by atoms with Crippen LogP contribution in [0.25, 0.3) is 5.57 Å². The Hall–Kier alpha value is -4.06. The van der Waals surface area contributed by atoms with E-state index in [4.69, 9.17) is 4.74 Å². The first-order chi connectivity index (χ1) is 16.0. The van der Waals surface area contributed by atoms with Gasteiger partial charge in [0.2, 0.25) is 0 Å². The van der Waals surface area contributed by atoms with Crippen molar-refractivity contribution in [2.75, 3.05) is 42.4 Å². The Bertz CT molecular complexity index is 1280. The number of carbonyl (C=O) groups excluding carboxylic acids is 2. The van der Waals surface area contributed by atoms with E-state index in [1.54, 1.807) is 7.11 Å². The summed E-state index contributed by atoms with van der Waals surface area (Å²) in [4.78, 5) is 32.9. The van der Waals surface area contributed by atoms with E-state index in [0.717, 1.165) is 17.8 Å². The predicted molar refractivity (Wildman–Crippen MR) is 131 cm³/mol. The lowest BCUT2D eigenvalue weighted by Crippen LogP contribution is -2.34. The van der Waals surface area contributed by atoms with Crippen LogP contribution in [-0.4, -0.2) is 39.6 Å². The fourth-order valence-corrected chi connectivity index (χ4v) is 4.57. The Labute approximate surface area is 193 Å². The number of hydrogen-bond donors (Lipinski definition) is 0. The predicted octanol–water partition coefficient (Wildman–Crippen LogP) is 4.11. The summed E-state index contributed by atoms with van der Waals surface area (Å²) in [5, 5.41) is 0. The zero-order valence-corrected chi connectivity index (χ0v) is 18.9. The van der Waals surface area contributed by atoms with E-state index in [2.05, 4.69) is 6.07 Å². The second-order valence-corrected chi connectivity index (χ2v) is 8.31. The van der Waals surface area contributed by atoms with E-state index in [-0.39, 0.29) is 11.8 Å². The van der Waals surface area contributed by atoms with E-state index in [0.29, 0.717) is 34.8 Å². The van der Waals surface area contributed by atoms with Gasteiger partial charge in [-0.2, -0.15) is 0 Å². The van der Waals surface area contributed by atoms with E-state index >= 15 is 0 Å². The van der Waals surface area contributed by atoms with Crippen molar-refractivity contribution in [3.63, 3.8) is 0 Å². The molecule has 0 saturated carbocycles. The molecule has 0 fully saturated rings. The lowest BCUT2D eigenvalue weighted by molar-refractivity contribution is -0.120. The standard InChI is InChI=1S/C27H25N3O3/c1-28(2)19-12-14-20(15-13-19)30-26(31)24(21-9-5-7-11-23(21)33-3)25(27(30)32)29-17-16-18-8-4-6-10-22(18)29/h4-15H,16-17H2,1-3H3. The Morgan fingerprint density at radius 3 is 2.27 bits per heavy atom. The van der Waals surface area contributed by atoms with Gasteiger partial charge in [0.1, 0.15) is 11.4 Å². The summed E-state index contributed by atoms with van der Waals surface area (Å²) < 4.78 is 5.56. The molecule has 0 unspecified atom stereocenters. The highest BCUT2D eigenvalue weighted by atomic mass is 16.5. The van der Waals surface area contributed by atoms with Gasteiger partial charge in [-0.1, -0.05) is 36.4 Å². The molecule has 2 amide bonds. The second-order valence-electron chi connectivity index (χ2n) is 8.31. The average molecular weight is 440 g/mol. The Morgan fingerprint density at radius 2 is 1.55 bits per heavy atom. The van der Waals surface area contributed by atoms with Crippen LogP contribution in [0.3, 0.4) is 0 Å². The smallest absolute Gasteiger partial charge is 0.282 e. The molecule has 2 aliphatic rings. The minimum atomic E-state index is -0.346. The third-order valence-corrected chi connectivity index (χ3v) is 6.22. The van der Waals surface area contributed by atoms with Crippen LogP contribution in [0.1, 0.15) is 11.1 Å². The molecule has 2 aliphatic heterocycles. The number of methoxy groups -OCH3 is 1. The monoisotopic (exact) mass is 439 g/mol. The fraction of sp³-hybridized carbons (Fsp3) is 0.185. The number of hydrogen-bond acceptors (Lipinski definition) is 5. The van der Waals surface area contributed by atoms with Crippen molar-refractivity contribution in [1.82, 2.24) is 0 Å². The van der Waals surface area contributed by atoms with Crippen molar-refractivity contribution in [2.24, 2.45) is 0 Å². The maximum Gasteiger partial charge on any atom is 0.282 e. The SMILES string of the molecule is COc1ccccc1C1=C(N2CCc3ccccc32)C(=O)N(c2ccc(N(C)C)cc2)C1=O. The molecule has 33 heavy (non-hydrogen) atoms. The van der Waals surface area contributed by atoms with Gasteiger partial charge < -0.3 is 14.5 Å². The summed E-state index contributed by atoms with van der Waals surface area (Å²) >= 11 is 0. The van der Waals surface area contributed by atoms with Crippen molar-refractivity contribution in [3.8, 4) is 5.75 Å². The normalized spacial score (nSPS) is 15.4. The molecule has 0 aromatic heterocycles. The summed E-state index contributed by atoms with van der Waals surface area (Å²) in [6.07, 6.45) is 0.817. The maximum absolute atomic E-state index is 13.9. The molecular weight excluding hydrogens is 414 g/mol. The van der Waals surface area contributed by atoms with Gasteiger partial charge >= 0.3 is 0 Å². The summed E-state index contributed by atoms with van der Waals surface area (Å²) in [6.45, 7) is 0.639. The second kappa shape index (κ2) is 8.13. The molecule has 3 aromatic carbocycles. The lowest BCUT2D eigenvalue weighted by atomic mass is 10.0. The largest absolute Gasteiger partial charge is 0.496 e. The summed E-state index contributed by atoms with van der Waals surface area (Å²) in [5.74, 6) is -0.111. The van der Waals surface area contributed by atoms with Gasteiger partial charge in [-0.05, 0) is 48.4 Å². The van der Waals surface area contributed by atoms with E-state index in [1.807, 2.05) is 90.6 Å². The van der Waals surface area contributed by atoms with Crippen LogP contribution in [0.4, 0.5) is 17.1 Å². The van der Waals surface area contributed by atoms with Crippen molar-refractivity contribution in [2.45, 2.75) is 6.42 Å². The Kier molecular flexibility index (Phi) is 5.13. The van der Waals surface area contributed by atoms with Gasteiger partial charge in [-0.15, -0.1) is 0 Å². The number of benzene rings is 3. The van der Waals surface area contributed by atoms with E-state index < -0.39 is 0 Å². The van der Waals surface area contributed by atoms with Gasteiger partial charge in [0.25, 0.3) is 11.8 Å². The first-order valence-corrected chi connectivity index (χ1v) is 10.9. The van der Waals surface area contributed by atoms with Gasteiger partial charge in [0.15, 0.2) is 0 Å². The first kappa shape index (κ1) is 20.8. The number of ether oxygens (including phenoxy) is 1. The quantitative estimate of drug-likeness (QED) is 0.560. The molecule has 6 heteroatoms. The van der Waals surface area contributed by atoms with Crippen molar-refractivity contribution in [3.05, 3.63) is 89.6 Å². The topological polar surface area (TPSA) is 53.1 Å². The number of carbonyl (C=O) groups is 2. The molecule has 6 nitrogen and oxygen atoms in total. The van der Waals surface area contributed by atoms with Gasteiger partial charge in [0, 0.05) is 37.6 Å². The number of anilines is 3. The lowest BCUT2D eigenvalue weighted by Gasteiger charge is -2.22. The molecule has 5 rings (SSSR count). The van der Waals surface area contributed by atoms with Gasteiger partial charge in [0.05, 0.1) is 18.4 Å². The third kappa shape index (κ3) is 3.35. The number of imide groups is 1. The zero-order valence-electron chi connectivity index (χ0n) is 18.9. The molecule has 3 aromatic rings. The molecule has 0 spiro atoms. The van der Waals surface area contributed by atoms with Gasteiger partial charge in [-0.3, -0.25) is 9.59 Å². The molecule has 2 heterocycles. The molecular formula is C27H25N3O3. The van der Waals surface area contributed by atoms with Crippen molar-refractivity contribution < 1.29 is 14.3 Å². The molecule has 0 saturated heterocycles. The number of amides is 2. The first-order valence-electron chi connectivity index (χ1n) is 10.9. The molecule has 0 atom stereocenters. The van der Waals surface area contributed by atoms with Crippen LogP contribution < -0.4 is 19.4 Å². The summed E-state index contributed by atoms with van der Waals surface area (Å²) in [7, 11) is 5.47. The summed E-state index contributed by atoms with van der Waals surface area (Å²) in [5.41, 5.74) is 5.04. The fourth-order valence-electron chi connectivity index (χ4n) is 4.57. The van der Waals surface area contributed by atoms with Crippen LogP contribution in [-0.2, 0) is 16.0 Å². The van der Waals surface area contributed by atoms with Crippen LogP contribution in [0.15, 0.2) is 78.5 Å². The molecule has 0 N–H and O–H groups in total. The highest BCUT2D eigenvalue weighted by Gasteiger charge is 2.44. The van der Waals surface area contributed by atoms with E-state index in [1.165, 1.54) is 10.5 Å². The molecule has 0 radical (unpaired) electrons. The number of rotatable bonds is 5. The molecule has 0 bridgehead atoms. The third-order valence-electron chi connectivity index (χ3n) is 6.22. The highest BCUT2D eigenvalue weighted by molar-refractivity contribution is 6.46. The van der Waals surface area contributed by atoms with Crippen molar-refractivity contribution >= 4 is 34.4 Å². The minimum absolute atomic E-state index is 0.324. The van der Waals surface area contributed by atoms with Crippen LogP contribution in [0, 0.1) is 0 Å². The number of para-hydroxylation sites is 2. The highest BCUT2D eigenvalue weighted by Crippen LogP contribution is 2.42. The van der Waals surface area contributed by atoms with Crippen LogP contribution >= 0.6 is 0 Å². The average Bonchev–Trinajstić information content (AvgIpc) is 3.36.